The van der Waals surface area contributed by atoms with Gasteiger partial charge in [0.25, 0.3) is 0 Å². The van der Waals surface area contributed by atoms with Crippen LogP contribution in [-0.4, -0.2) is 37.0 Å². The fourth-order valence-electron chi connectivity index (χ4n) is 1.92. The first-order valence-electron chi connectivity index (χ1n) is 5.40. The van der Waals surface area contributed by atoms with Crippen molar-refractivity contribution in [1.82, 2.24) is 0 Å². The van der Waals surface area contributed by atoms with E-state index in [0.29, 0.717) is 0 Å². The number of halogens is 3. The maximum absolute atomic E-state index is 11.8. The van der Waals surface area contributed by atoms with Crippen LogP contribution in [0.4, 0.5) is 13.2 Å². The highest BCUT2D eigenvalue weighted by atomic mass is 19.4. The normalized spacial score (nSPS) is 20.0. The third kappa shape index (κ3) is 3.85. The van der Waals surface area contributed by atoms with Crippen LogP contribution in [0.25, 0.3) is 0 Å². The van der Waals surface area contributed by atoms with E-state index in [4.69, 9.17) is 10.8 Å². The predicted octanol–water partition coefficient (Wildman–Crippen LogP) is 1.40. The third-order valence-electron chi connectivity index (χ3n) is 3.11. The molecule has 1 atom stereocenters. The van der Waals surface area contributed by atoms with Gasteiger partial charge in [0.15, 0.2) is 0 Å². The molecule has 100 valence electrons. The summed E-state index contributed by atoms with van der Waals surface area (Å²) in [4.78, 5) is 11.2. The minimum atomic E-state index is -4.38. The Hall–Kier alpha value is -0.820. The Morgan fingerprint density at radius 1 is 1.41 bits per heavy atom. The van der Waals surface area contributed by atoms with E-state index in [9.17, 15) is 18.0 Å². The summed E-state index contributed by atoms with van der Waals surface area (Å²) in [6.07, 6.45) is -2.82. The number of aliphatic carboxylic acids is 1. The molecule has 3 N–H and O–H groups in total. The molecule has 1 fully saturated rings. The summed E-state index contributed by atoms with van der Waals surface area (Å²) in [5, 5.41) is 9.14. The number of rotatable bonds is 7. The first-order chi connectivity index (χ1) is 7.82. The van der Waals surface area contributed by atoms with Crippen LogP contribution >= 0.6 is 0 Å². The number of ether oxygens (including phenoxy) is 1. The lowest BCUT2D eigenvalue weighted by atomic mass is 9.80. The molecule has 1 aliphatic rings. The molecule has 1 rings (SSSR count). The van der Waals surface area contributed by atoms with E-state index in [0.717, 1.165) is 12.8 Å². The second-order valence-electron chi connectivity index (χ2n) is 4.36. The fraction of sp³-hybridized carbons (Fsp3) is 0.900. The van der Waals surface area contributed by atoms with Gasteiger partial charge in [-0.05, 0) is 25.2 Å². The molecule has 17 heavy (non-hydrogen) atoms. The van der Waals surface area contributed by atoms with Gasteiger partial charge in [-0.3, -0.25) is 4.79 Å². The molecule has 0 amide bonds. The Labute approximate surface area is 96.9 Å². The Bertz CT molecular complexity index is 278. The molecular formula is C10H16F3NO3. The Balaban J connectivity index is 2.42. The van der Waals surface area contributed by atoms with Gasteiger partial charge in [0.1, 0.15) is 6.61 Å². The average Bonchev–Trinajstić information content (AvgIpc) is 3.00. The highest BCUT2D eigenvalue weighted by molar-refractivity contribution is 5.76. The molecule has 0 aromatic carbocycles. The van der Waals surface area contributed by atoms with Gasteiger partial charge < -0.3 is 15.6 Å². The zero-order chi connectivity index (χ0) is 13.1. The van der Waals surface area contributed by atoms with Crippen LogP contribution < -0.4 is 5.73 Å². The molecule has 0 radical (unpaired) electrons. The molecule has 1 unspecified atom stereocenters. The number of alkyl halides is 3. The highest BCUT2D eigenvalue weighted by Crippen LogP contribution is 2.47. The monoisotopic (exact) mass is 255 g/mol. The van der Waals surface area contributed by atoms with Crippen molar-refractivity contribution >= 4 is 5.97 Å². The summed E-state index contributed by atoms with van der Waals surface area (Å²) in [6.45, 7) is -1.65. The fourth-order valence-corrected chi connectivity index (χ4v) is 1.92. The summed E-state index contributed by atoms with van der Waals surface area (Å²) in [5.41, 5.74) is 4.34. The quantitative estimate of drug-likeness (QED) is 0.674. The van der Waals surface area contributed by atoms with Crippen molar-refractivity contribution in [2.45, 2.75) is 25.4 Å². The second kappa shape index (κ2) is 5.22. The van der Waals surface area contributed by atoms with Crippen molar-refractivity contribution in [2.24, 2.45) is 17.1 Å². The molecular weight excluding hydrogens is 239 g/mol. The minimum Gasteiger partial charge on any atom is -0.481 e. The van der Waals surface area contributed by atoms with E-state index in [2.05, 4.69) is 4.74 Å². The molecule has 0 aliphatic heterocycles. The van der Waals surface area contributed by atoms with E-state index in [1.165, 1.54) is 0 Å². The Kier molecular flexibility index (Phi) is 4.37. The number of nitrogens with two attached hydrogens (primary N) is 1. The van der Waals surface area contributed by atoms with E-state index >= 15 is 0 Å². The predicted molar refractivity (Wildman–Crippen MR) is 53.3 cm³/mol. The molecule has 0 aromatic rings. The van der Waals surface area contributed by atoms with Crippen LogP contribution in [0.1, 0.15) is 19.3 Å². The number of carboxylic acid groups (broad SMARTS) is 1. The molecule has 0 spiro atoms. The number of hydrogen-bond acceptors (Lipinski definition) is 3. The van der Waals surface area contributed by atoms with Crippen molar-refractivity contribution in [2.75, 3.05) is 19.8 Å². The van der Waals surface area contributed by atoms with Gasteiger partial charge in [-0.15, -0.1) is 0 Å². The van der Waals surface area contributed by atoms with Crippen molar-refractivity contribution in [3.05, 3.63) is 0 Å². The van der Waals surface area contributed by atoms with Gasteiger partial charge in [0.05, 0.1) is 5.41 Å². The van der Waals surface area contributed by atoms with Crippen LogP contribution in [0.15, 0.2) is 0 Å². The number of carbonyl (C=O) groups is 1. The topological polar surface area (TPSA) is 72.5 Å². The van der Waals surface area contributed by atoms with E-state index in [-0.39, 0.29) is 25.5 Å². The van der Waals surface area contributed by atoms with E-state index in [1.807, 2.05) is 0 Å². The lowest BCUT2D eigenvalue weighted by molar-refractivity contribution is -0.176. The van der Waals surface area contributed by atoms with E-state index in [1.54, 1.807) is 0 Å². The molecule has 0 heterocycles. The minimum absolute atomic E-state index is 0.0274. The second-order valence-corrected chi connectivity index (χ2v) is 4.36. The van der Waals surface area contributed by atoms with Crippen LogP contribution in [0.3, 0.4) is 0 Å². The van der Waals surface area contributed by atoms with Crippen molar-refractivity contribution in [1.29, 1.82) is 0 Å². The van der Waals surface area contributed by atoms with Crippen LogP contribution in [0, 0.1) is 11.3 Å². The third-order valence-corrected chi connectivity index (χ3v) is 3.11. The smallest absolute Gasteiger partial charge is 0.411 e. The standard InChI is InChI=1S/C10H16F3NO3/c11-10(12,13)6-17-4-3-9(5-14,8(15)16)7-1-2-7/h7H,1-6,14H2,(H,15,16). The number of hydrogen-bond donors (Lipinski definition) is 2. The SMILES string of the molecule is NCC(CCOCC(F)(F)F)(C(=O)O)C1CC1. The highest BCUT2D eigenvalue weighted by Gasteiger charge is 2.49. The Morgan fingerprint density at radius 2 is 2.00 bits per heavy atom. The zero-order valence-corrected chi connectivity index (χ0v) is 9.29. The summed E-state index contributed by atoms with van der Waals surface area (Å²) in [5.74, 6) is -1.07. The summed E-state index contributed by atoms with van der Waals surface area (Å²) in [6, 6.07) is 0. The zero-order valence-electron chi connectivity index (χ0n) is 9.29. The van der Waals surface area contributed by atoms with Gasteiger partial charge in [-0.25, -0.2) is 0 Å². The summed E-state index contributed by atoms with van der Waals surface area (Å²) < 4.78 is 39.9. The van der Waals surface area contributed by atoms with Crippen LogP contribution in [0.2, 0.25) is 0 Å². The van der Waals surface area contributed by atoms with Gasteiger partial charge in [0.2, 0.25) is 0 Å². The molecule has 4 nitrogen and oxygen atoms in total. The van der Waals surface area contributed by atoms with Gasteiger partial charge in [-0.2, -0.15) is 13.2 Å². The Morgan fingerprint density at radius 3 is 2.35 bits per heavy atom. The van der Waals surface area contributed by atoms with Crippen molar-refractivity contribution < 1.29 is 27.8 Å². The van der Waals surface area contributed by atoms with Crippen LogP contribution in [0.5, 0.6) is 0 Å². The lowest BCUT2D eigenvalue weighted by Crippen LogP contribution is -2.41. The largest absolute Gasteiger partial charge is 0.481 e. The summed E-state index contributed by atoms with van der Waals surface area (Å²) in [7, 11) is 0. The lowest BCUT2D eigenvalue weighted by Gasteiger charge is -2.27. The van der Waals surface area contributed by atoms with Crippen LogP contribution in [-0.2, 0) is 9.53 Å². The number of carboxylic acids is 1. The van der Waals surface area contributed by atoms with Crippen molar-refractivity contribution in [3.8, 4) is 0 Å². The molecule has 1 saturated carbocycles. The maximum Gasteiger partial charge on any atom is 0.411 e. The van der Waals surface area contributed by atoms with Gasteiger partial charge in [-0.1, -0.05) is 0 Å². The van der Waals surface area contributed by atoms with Crippen molar-refractivity contribution in [3.63, 3.8) is 0 Å². The summed E-state index contributed by atoms with van der Waals surface area (Å²) >= 11 is 0. The first-order valence-corrected chi connectivity index (χ1v) is 5.40. The molecule has 0 bridgehead atoms. The maximum atomic E-state index is 11.8. The molecule has 1 aliphatic carbocycles. The average molecular weight is 255 g/mol. The van der Waals surface area contributed by atoms with E-state index < -0.39 is 24.2 Å². The van der Waals surface area contributed by atoms with Gasteiger partial charge in [0, 0.05) is 13.2 Å². The first kappa shape index (κ1) is 14.2. The van der Waals surface area contributed by atoms with Gasteiger partial charge >= 0.3 is 12.1 Å². The molecule has 0 aromatic heterocycles. The molecule has 0 saturated heterocycles. The molecule has 7 heteroatoms.